The summed E-state index contributed by atoms with van der Waals surface area (Å²) in [6.45, 7) is 2.42. The van der Waals surface area contributed by atoms with Crippen LogP contribution in [0, 0.1) is 0 Å². The van der Waals surface area contributed by atoms with Crippen molar-refractivity contribution in [2.45, 2.75) is 24.8 Å². The van der Waals surface area contributed by atoms with Crippen LogP contribution < -0.4 is 5.32 Å². The van der Waals surface area contributed by atoms with Gasteiger partial charge in [0.1, 0.15) is 0 Å². The van der Waals surface area contributed by atoms with Gasteiger partial charge in [0.05, 0.1) is 22.0 Å². The number of nitrogens with one attached hydrogen (secondary N) is 1. The number of carbonyl (C=O) groups is 1. The van der Waals surface area contributed by atoms with Crippen molar-refractivity contribution < 1.29 is 22.4 Å². The van der Waals surface area contributed by atoms with Crippen molar-refractivity contribution in [2.75, 3.05) is 11.1 Å². The van der Waals surface area contributed by atoms with E-state index in [0.717, 1.165) is 30.0 Å². The summed E-state index contributed by atoms with van der Waals surface area (Å²) in [5.41, 5.74) is -1.00. The quantitative estimate of drug-likeness (QED) is 0.430. The first-order valence-corrected chi connectivity index (χ1v) is 10.3. The van der Waals surface area contributed by atoms with Gasteiger partial charge in [0.2, 0.25) is 11.7 Å². The van der Waals surface area contributed by atoms with E-state index in [0.29, 0.717) is 28.0 Å². The van der Waals surface area contributed by atoms with Gasteiger partial charge >= 0.3 is 6.18 Å². The van der Waals surface area contributed by atoms with E-state index in [2.05, 4.69) is 31.4 Å². The highest BCUT2D eigenvalue weighted by Gasteiger charge is 2.31. The molecule has 2 aromatic heterocycles. The minimum atomic E-state index is -4.53. The Labute approximate surface area is 180 Å². The summed E-state index contributed by atoms with van der Waals surface area (Å²) >= 11 is 10.2. The van der Waals surface area contributed by atoms with Gasteiger partial charge in [-0.15, -0.1) is 10.2 Å². The molecule has 0 saturated heterocycles. The van der Waals surface area contributed by atoms with Crippen molar-refractivity contribution in [3.63, 3.8) is 0 Å². The van der Waals surface area contributed by atoms with E-state index in [-0.39, 0.29) is 16.5 Å². The van der Waals surface area contributed by atoms with Gasteiger partial charge in [-0.2, -0.15) is 13.2 Å². The Morgan fingerprint density at radius 2 is 2.07 bits per heavy atom. The number of furan rings is 1. The summed E-state index contributed by atoms with van der Waals surface area (Å²) in [5, 5.41) is 11.0. The van der Waals surface area contributed by atoms with Crippen LogP contribution in [0.3, 0.4) is 0 Å². The van der Waals surface area contributed by atoms with E-state index in [4.69, 9.17) is 16.0 Å². The number of rotatable bonds is 6. The number of aromatic nitrogens is 3. The smallest absolute Gasteiger partial charge is 0.416 e. The molecule has 2 heterocycles. The van der Waals surface area contributed by atoms with Crippen LogP contribution >= 0.6 is 39.3 Å². The van der Waals surface area contributed by atoms with Crippen molar-refractivity contribution in [2.24, 2.45) is 0 Å². The Morgan fingerprint density at radius 3 is 2.69 bits per heavy atom. The third kappa shape index (κ3) is 5.14. The van der Waals surface area contributed by atoms with Crippen molar-refractivity contribution >= 4 is 50.9 Å². The van der Waals surface area contributed by atoms with Gasteiger partial charge in [-0.25, -0.2) is 0 Å². The summed E-state index contributed by atoms with van der Waals surface area (Å²) in [7, 11) is 0. The number of nitrogens with zero attached hydrogens (tertiary/aromatic N) is 3. The summed E-state index contributed by atoms with van der Waals surface area (Å²) in [6, 6.07) is 6.20. The number of hydrogen-bond acceptors (Lipinski definition) is 5. The monoisotopic (exact) mass is 508 g/mol. The first kappa shape index (κ1) is 21.7. The fraction of sp³-hybridized carbons (Fsp3) is 0.235. The zero-order valence-corrected chi connectivity index (χ0v) is 17.9. The third-order valence-electron chi connectivity index (χ3n) is 3.73. The molecule has 0 aliphatic heterocycles. The van der Waals surface area contributed by atoms with Crippen molar-refractivity contribution in [1.82, 2.24) is 14.8 Å². The van der Waals surface area contributed by atoms with Gasteiger partial charge in [-0.3, -0.25) is 9.36 Å². The average Bonchev–Trinajstić information content (AvgIpc) is 3.26. The first-order chi connectivity index (χ1) is 13.7. The zero-order valence-electron chi connectivity index (χ0n) is 14.8. The van der Waals surface area contributed by atoms with E-state index in [1.165, 1.54) is 0 Å². The van der Waals surface area contributed by atoms with Crippen molar-refractivity contribution in [1.29, 1.82) is 0 Å². The minimum Gasteiger partial charge on any atom is -0.446 e. The van der Waals surface area contributed by atoms with Gasteiger partial charge in [0.25, 0.3) is 0 Å². The van der Waals surface area contributed by atoms with Crippen molar-refractivity contribution in [3.05, 3.63) is 45.6 Å². The molecule has 3 aromatic rings. The van der Waals surface area contributed by atoms with E-state index in [1.807, 2.05) is 6.92 Å². The largest absolute Gasteiger partial charge is 0.446 e. The van der Waals surface area contributed by atoms with Gasteiger partial charge in [-0.1, -0.05) is 23.4 Å². The topological polar surface area (TPSA) is 73.0 Å². The second kappa shape index (κ2) is 8.80. The van der Waals surface area contributed by atoms with Gasteiger partial charge in [0.15, 0.2) is 15.6 Å². The number of benzene rings is 1. The van der Waals surface area contributed by atoms with Crippen LogP contribution in [0.15, 0.2) is 44.6 Å². The van der Waals surface area contributed by atoms with Gasteiger partial charge < -0.3 is 9.73 Å². The molecule has 1 aromatic carbocycles. The summed E-state index contributed by atoms with van der Waals surface area (Å²) in [4.78, 5) is 12.2. The number of hydrogen-bond donors (Lipinski definition) is 1. The summed E-state index contributed by atoms with van der Waals surface area (Å²) in [5.74, 6) is 0.400. The lowest BCUT2D eigenvalue weighted by Crippen LogP contribution is -2.16. The second-order valence-corrected chi connectivity index (χ2v) is 7.81. The molecular weight excluding hydrogens is 497 g/mol. The number of carbonyl (C=O) groups excluding carboxylic acids is 1. The maximum atomic E-state index is 12.8. The molecule has 29 heavy (non-hydrogen) atoms. The molecule has 3 rings (SSSR count). The van der Waals surface area contributed by atoms with E-state index < -0.39 is 17.6 Å². The predicted octanol–water partition coefficient (Wildman–Crippen LogP) is 5.72. The molecular formula is C17H13BrClF3N4O2S. The molecule has 0 saturated carbocycles. The zero-order chi connectivity index (χ0) is 21.2. The molecule has 0 atom stereocenters. The van der Waals surface area contributed by atoms with Crippen LogP contribution in [-0.4, -0.2) is 26.4 Å². The Kier molecular flexibility index (Phi) is 6.59. The van der Waals surface area contributed by atoms with E-state index >= 15 is 0 Å². The van der Waals surface area contributed by atoms with Gasteiger partial charge in [0, 0.05) is 6.54 Å². The molecule has 0 aliphatic rings. The van der Waals surface area contributed by atoms with Crippen LogP contribution in [0.4, 0.5) is 18.9 Å². The van der Waals surface area contributed by atoms with Crippen LogP contribution in [0.5, 0.6) is 0 Å². The SMILES string of the molecule is CCn1c(SCC(=O)Nc2cc(C(F)(F)F)ccc2Cl)nnc1-c1ccc(Br)o1. The van der Waals surface area contributed by atoms with Crippen LogP contribution in [0.2, 0.25) is 5.02 Å². The molecule has 0 radical (unpaired) electrons. The highest BCUT2D eigenvalue weighted by atomic mass is 79.9. The fourth-order valence-corrected chi connectivity index (χ4v) is 3.68. The lowest BCUT2D eigenvalue weighted by atomic mass is 10.2. The molecule has 0 spiro atoms. The molecule has 1 N–H and O–H groups in total. The molecule has 12 heteroatoms. The Bertz CT molecular complexity index is 1040. The molecule has 0 unspecified atom stereocenters. The van der Waals surface area contributed by atoms with Gasteiger partial charge in [-0.05, 0) is 53.2 Å². The lowest BCUT2D eigenvalue weighted by Gasteiger charge is -2.11. The fourth-order valence-electron chi connectivity index (χ4n) is 2.41. The maximum absolute atomic E-state index is 12.8. The molecule has 154 valence electrons. The molecule has 0 aliphatic carbocycles. The molecule has 6 nitrogen and oxygen atoms in total. The molecule has 0 bridgehead atoms. The summed E-state index contributed by atoms with van der Waals surface area (Å²) < 4.78 is 46.3. The number of alkyl halides is 3. The van der Waals surface area contributed by atoms with Crippen LogP contribution in [0.25, 0.3) is 11.6 Å². The standard InChI is InChI=1S/C17H13BrClF3N4O2S/c1-2-26-15(12-5-6-13(18)28-12)24-25-16(26)29-8-14(27)23-11-7-9(17(20,21)22)3-4-10(11)19/h3-7H,2,8H2,1H3,(H,23,27). The lowest BCUT2D eigenvalue weighted by molar-refractivity contribution is -0.137. The highest BCUT2D eigenvalue weighted by Crippen LogP contribution is 2.34. The highest BCUT2D eigenvalue weighted by molar-refractivity contribution is 9.10. The van der Waals surface area contributed by atoms with Crippen molar-refractivity contribution in [3.8, 4) is 11.6 Å². The predicted molar refractivity (Wildman–Crippen MR) is 107 cm³/mol. The normalized spacial score (nSPS) is 11.7. The average molecular weight is 510 g/mol. The van der Waals surface area contributed by atoms with E-state index in [1.54, 1.807) is 16.7 Å². The first-order valence-electron chi connectivity index (χ1n) is 8.17. The Balaban J connectivity index is 1.70. The third-order valence-corrected chi connectivity index (χ3v) is 5.45. The number of anilines is 1. The Morgan fingerprint density at radius 1 is 1.31 bits per heavy atom. The number of thioether (sulfide) groups is 1. The summed E-state index contributed by atoms with van der Waals surface area (Å²) in [6.07, 6.45) is -4.53. The van der Waals surface area contributed by atoms with Crippen LogP contribution in [-0.2, 0) is 17.5 Å². The van der Waals surface area contributed by atoms with Crippen LogP contribution in [0.1, 0.15) is 12.5 Å². The number of halogens is 5. The minimum absolute atomic E-state index is 0.0127. The molecule has 0 fully saturated rings. The maximum Gasteiger partial charge on any atom is 0.416 e. The Hall–Kier alpha value is -1.98. The second-order valence-electron chi connectivity index (χ2n) is 5.68. The van der Waals surface area contributed by atoms with E-state index in [9.17, 15) is 18.0 Å². The molecule has 1 amide bonds. The number of amides is 1.